The second-order valence-electron chi connectivity index (χ2n) is 8.56. The Kier molecular flexibility index (Phi) is 9.42. The second kappa shape index (κ2) is 13.1. The van der Waals surface area contributed by atoms with Gasteiger partial charge in [0.25, 0.3) is 0 Å². The van der Waals surface area contributed by atoms with E-state index >= 15 is 0 Å². The minimum Gasteiger partial charge on any atom is -0.491 e. The van der Waals surface area contributed by atoms with E-state index in [1.165, 1.54) is 18.2 Å². The molecule has 1 aliphatic rings. The minimum absolute atomic E-state index is 0.00394. The number of rotatable bonds is 11. The number of carbonyl (C=O) groups is 2. The quantitative estimate of drug-likeness (QED) is 0.234. The minimum atomic E-state index is -0.571. The van der Waals surface area contributed by atoms with Gasteiger partial charge in [-0.1, -0.05) is 24.8 Å². The van der Waals surface area contributed by atoms with Gasteiger partial charge in [-0.15, -0.1) is 0 Å². The average Bonchev–Trinajstić information content (AvgIpc) is 2.94. The van der Waals surface area contributed by atoms with Gasteiger partial charge in [0.15, 0.2) is 0 Å². The molecule has 39 heavy (non-hydrogen) atoms. The monoisotopic (exact) mass is 554 g/mol. The van der Waals surface area contributed by atoms with Crippen LogP contribution in [0.5, 0.6) is 5.75 Å². The van der Waals surface area contributed by atoms with Gasteiger partial charge < -0.3 is 20.1 Å². The molecule has 2 amide bonds. The molecular weight excluding hydrogens is 527 g/mol. The fraction of sp³-hybridized carbons (Fsp3) is 0.259. The number of amides is 2. The summed E-state index contributed by atoms with van der Waals surface area (Å²) in [6.45, 7) is 11.4. The van der Waals surface area contributed by atoms with Crippen molar-refractivity contribution in [2.75, 3.05) is 55.4 Å². The number of carbonyl (C=O) groups excluding carboxylic acids is 2. The van der Waals surface area contributed by atoms with Crippen molar-refractivity contribution in [2.45, 2.75) is 6.42 Å². The highest BCUT2D eigenvalue weighted by Crippen LogP contribution is 2.35. The maximum atomic E-state index is 13.7. The van der Waals surface area contributed by atoms with Crippen LogP contribution in [0.3, 0.4) is 0 Å². The zero-order valence-corrected chi connectivity index (χ0v) is 21.9. The van der Waals surface area contributed by atoms with Gasteiger partial charge in [-0.2, -0.15) is 4.98 Å². The van der Waals surface area contributed by atoms with E-state index in [2.05, 4.69) is 44.0 Å². The number of anilines is 4. The number of halogens is 2. The molecular formula is C27H28ClFN6O4. The first-order chi connectivity index (χ1) is 18.9. The third-order valence-electron chi connectivity index (χ3n) is 5.82. The highest BCUT2D eigenvalue weighted by molar-refractivity contribution is 6.31. The Morgan fingerprint density at radius 2 is 1.85 bits per heavy atom. The molecule has 0 spiro atoms. The van der Waals surface area contributed by atoms with E-state index in [4.69, 9.17) is 21.1 Å². The summed E-state index contributed by atoms with van der Waals surface area (Å²) in [5.74, 6) is -0.837. The Balaban J connectivity index is 1.68. The molecule has 1 saturated heterocycles. The van der Waals surface area contributed by atoms with Gasteiger partial charge in [0.1, 0.15) is 17.4 Å². The van der Waals surface area contributed by atoms with E-state index in [-0.39, 0.29) is 16.8 Å². The van der Waals surface area contributed by atoms with Crippen molar-refractivity contribution in [3.8, 4) is 5.75 Å². The van der Waals surface area contributed by atoms with E-state index < -0.39 is 17.6 Å². The van der Waals surface area contributed by atoms with Crippen molar-refractivity contribution < 1.29 is 23.5 Å². The Morgan fingerprint density at radius 1 is 1.10 bits per heavy atom. The lowest BCUT2D eigenvalue weighted by atomic mass is 10.1. The molecule has 3 aromatic rings. The number of hydrogen-bond donors (Lipinski definition) is 3. The molecule has 2 heterocycles. The molecule has 1 aromatic heterocycles. The molecule has 12 heteroatoms. The molecule has 0 saturated carbocycles. The van der Waals surface area contributed by atoms with Crippen molar-refractivity contribution in [1.82, 2.24) is 14.9 Å². The average molecular weight is 555 g/mol. The first-order valence-corrected chi connectivity index (χ1v) is 12.6. The summed E-state index contributed by atoms with van der Waals surface area (Å²) < 4.78 is 25.2. The van der Waals surface area contributed by atoms with E-state index in [1.54, 1.807) is 12.1 Å². The SMILES string of the molecule is C=CC(=O)Nc1nc(Nc2ccc(F)c(Cl)c2)c2cc(NC(=O)C=C)c(OCCCN3CCOCC3)cc2n1. The van der Waals surface area contributed by atoms with Crippen LogP contribution < -0.4 is 20.7 Å². The largest absolute Gasteiger partial charge is 0.491 e. The lowest BCUT2D eigenvalue weighted by Gasteiger charge is -2.26. The Bertz CT molecular complexity index is 1400. The van der Waals surface area contributed by atoms with Gasteiger partial charge in [-0.3, -0.25) is 19.8 Å². The summed E-state index contributed by atoms with van der Waals surface area (Å²) in [7, 11) is 0. The van der Waals surface area contributed by atoms with E-state index in [1.807, 2.05) is 0 Å². The normalized spacial score (nSPS) is 13.5. The van der Waals surface area contributed by atoms with Crippen LogP contribution in [0.15, 0.2) is 55.6 Å². The topological polar surface area (TPSA) is 118 Å². The predicted octanol–water partition coefficient (Wildman–Crippen LogP) is 4.52. The van der Waals surface area contributed by atoms with Crippen LogP contribution in [0.25, 0.3) is 10.9 Å². The maximum absolute atomic E-state index is 13.7. The number of hydrogen-bond acceptors (Lipinski definition) is 8. The molecule has 0 aliphatic carbocycles. The molecule has 204 valence electrons. The third-order valence-corrected chi connectivity index (χ3v) is 6.11. The molecule has 0 radical (unpaired) electrons. The second-order valence-corrected chi connectivity index (χ2v) is 8.97. The lowest BCUT2D eigenvalue weighted by molar-refractivity contribution is -0.112. The first kappa shape index (κ1) is 28.0. The summed E-state index contributed by atoms with van der Waals surface area (Å²) in [4.78, 5) is 35.3. The molecule has 10 nitrogen and oxygen atoms in total. The fourth-order valence-electron chi connectivity index (χ4n) is 3.88. The van der Waals surface area contributed by atoms with Crippen LogP contribution in [0, 0.1) is 5.82 Å². The molecule has 0 unspecified atom stereocenters. The lowest BCUT2D eigenvalue weighted by Crippen LogP contribution is -2.37. The summed E-state index contributed by atoms with van der Waals surface area (Å²) in [5, 5.41) is 8.80. The molecule has 4 rings (SSSR count). The van der Waals surface area contributed by atoms with Gasteiger partial charge >= 0.3 is 0 Å². The zero-order chi connectivity index (χ0) is 27.8. The zero-order valence-electron chi connectivity index (χ0n) is 21.1. The van der Waals surface area contributed by atoms with Crippen molar-refractivity contribution in [3.63, 3.8) is 0 Å². The van der Waals surface area contributed by atoms with Gasteiger partial charge in [-0.05, 0) is 42.8 Å². The van der Waals surface area contributed by atoms with Crippen molar-refractivity contribution in [1.29, 1.82) is 0 Å². The maximum Gasteiger partial charge on any atom is 0.250 e. The van der Waals surface area contributed by atoms with Crippen molar-refractivity contribution >= 4 is 57.5 Å². The van der Waals surface area contributed by atoms with Gasteiger partial charge in [0.05, 0.1) is 36.0 Å². The predicted molar refractivity (Wildman–Crippen MR) is 149 cm³/mol. The first-order valence-electron chi connectivity index (χ1n) is 12.2. The van der Waals surface area contributed by atoms with Crippen LogP contribution in [0.2, 0.25) is 5.02 Å². The van der Waals surface area contributed by atoms with E-state index in [0.717, 1.165) is 38.2 Å². The molecule has 1 aliphatic heterocycles. The summed E-state index contributed by atoms with van der Waals surface area (Å²) in [6, 6.07) is 7.41. The highest BCUT2D eigenvalue weighted by atomic mass is 35.5. The van der Waals surface area contributed by atoms with Crippen molar-refractivity contribution in [3.05, 3.63) is 66.5 Å². The summed E-state index contributed by atoms with van der Waals surface area (Å²) in [5.41, 5.74) is 1.24. The Hall–Kier alpha value is -4.06. The third kappa shape index (κ3) is 7.50. The van der Waals surface area contributed by atoms with Crippen LogP contribution in [-0.4, -0.2) is 66.1 Å². The van der Waals surface area contributed by atoms with Gasteiger partial charge in [0, 0.05) is 36.8 Å². The number of fused-ring (bicyclic) bond motifs is 1. The number of nitrogens with one attached hydrogen (secondary N) is 3. The molecule has 0 bridgehead atoms. The van der Waals surface area contributed by atoms with Crippen LogP contribution in [-0.2, 0) is 14.3 Å². The number of ether oxygens (including phenoxy) is 2. The number of nitrogens with zero attached hydrogens (tertiary/aromatic N) is 3. The Labute approximate surface area is 229 Å². The van der Waals surface area contributed by atoms with Gasteiger partial charge in [0.2, 0.25) is 17.8 Å². The fourth-order valence-corrected chi connectivity index (χ4v) is 4.06. The van der Waals surface area contributed by atoms with Crippen LogP contribution in [0.1, 0.15) is 6.42 Å². The molecule has 2 aromatic carbocycles. The van der Waals surface area contributed by atoms with E-state index in [9.17, 15) is 14.0 Å². The Morgan fingerprint density at radius 3 is 2.56 bits per heavy atom. The van der Waals surface area contributed by atoms with Crippen molar-refractivity contribution in [2.24, 2.45) is 0 Å². The van der Waals surface area contributed by atoms with Crippen LogP contribution in [0.4, 0.5) is 27.5 Å². The number of benzene rings is 2. The number of aromatic nitrogens is 2. The molecule has 0 atom stereocenters. The molecule has 1 fully saturated rings. The number of morpholine rings is 1. The smallest absolute Gasteiger partial charge is 0.250 e. The summed E-state index contributed by atoms with van der Waals surface area (Å²) >= 11 is 5.95. The van der Waals surface area contributed by atoms with E-state index in [0.29, 0.717) is 47.8 Å². The standard InChI is InChI=1S/C27H28ClFN6O4/c1-3-24(36)31-22-15-18-21(16-23(22)39-11-5-8-35-9-12-38-13-10-35)32-27(33-25(37)4-2)34-26(18)30-17-6-7-20(29)19(28)14-17/h3-4,6-7,14-16H,1-2,5,8-13H2,(H,31,36)(H2,30,32,33,34,37). The molecule has 3 N–H and O–H groups in total. The highest BCUT2D eigenvalue weighted by Gasteiger charge is 2.17. The van der Waals surface area contributed by atoms with Gasteiger partial charge in [-0.25, -0.2) is 9.37 Å². The van der Waals surface area contributed by atoms with Crippen LogP contribution >= 0.6 is 11.6 Å². The summed E-state index contributed by atoms with van der Waals surface area (Å²) in [6.07, 6.45) is 3.00.